The van der Waals surface area contributed by atoms with Gasteiger partial charge in [-0.25, -0.2) is 0 Å². The molecule has 2 aromatic rings. The van der Waals surface area contributed by atoms with Crippen LogP contribution in [0.3, 0.4) is 0 Å². The third-order valence-electron chi connectivity index (χ3n) is 4.10. The van der Waals surface area contributed by atoms with E-state index in [0.29, 0.717) is 11.3 Å². The molecule has 1 aliphatic rings. The molecule has 0 spiro atoms. The average molecular weight is 362 g/mol. The first-order valence-electron chi connectivity index (χ1n) is 8.19. The minimum Gasteiger partial charge on any atom is -0.348 e. The van der Waals surface area contributed by atoms with Gasteiger partial charge in [0.05, 0.1) is 11.1 Å². The molecule has 0 saturated heterocycles. The molecule has 0 atom stereocenters. The van der Waals surface area contributed by atoms with Crippen LogP contribution >= 0.6 is 0 Å². The van der Waals surface area contributed by atoms with Crippen LogP contribution in [-0.2, 0) is 17.5 Å². The smallest absolute Gasteiger partial charge is 0.348 e. The van der Waals surface area contributed by atoms with E-state index in [1.807, 2.05) is 0 Å². The molecule has 4 nitrogen and oxygen atoms in total. The Kier molecular flexibility index (Phi) is 4.97. The van der Waals surface area contributed by atoms with Crippen molar-refractivity contribution in [1.29, 1.82) is 0 Å². The second kappa shape index (κ2) is 7.19. The van der Waals surface area contributed by atoms with Gasteiger partial charge >= 0.3 is 6.18 Å². The number of rotatable bonds is 5. The van der Waals surface area contributed by atoms with E-state index in [9.17, 15) is 22.8 Å². The van der Waals surface area contributed by atoms with Gasteiger partial charge in [0.15, 0.2) is 0 Å². The van der Waals surface area contributed by atoms with Gasteiger partial charge < -0.3 is 10.6 Å². The van der Waals surface area contributed by atoms with E-state index < -0.39 is 23.2 Å². The third kappa shape index (κ3) is 4.41. The van der Waals surface area contributed by atoms with Crippen LogP contribution in [-0.4, -0.2) is 11.8 Å². The Morgan fingerprint density at radius 2 is 1.65 bits per heavy atom. The van der Waals surface area contributed by atoms with E-state index >= 15 is 0 Å². The molecular formula is C19H17F3N2O2. The van der Waals surface area contributed by atoms with Crippen LogP contribution in [0.15, 0.2) is 48.5 Å². The number of amides is 2. The van der Waals surface area contributed by atoms with Gasteiger partial charge in [0.1, 0.15) is 0 Å². The fourth-order valence-corrected chi connectivity index (χ4v) is 2.50. The van der Waals surface area contributed by atoms with Crippen molar-refractivity contribution in [3.63, 3.8) is 0 Å². The van der Waals surface area contributed by atoms with Gasteiger partial charge in [-0.1, -0.05) is 24.3 Å². The third-order valence-corrected chi connectivity index (χ3v) is 4.10. The van der Waals surface area contributed by atoms with Gasteiger partial charge in [0, 0.05) is 18.2 Å². The van der Waals surface area contributed by atoms with Crippen LogP contribution in [0, 0.1) is 5.92 Å². The second-order valence-corrected chi connectivity index (χ2v) is 6.19. The lowest BCUT2D eigenvalue weighted by molar-refractivity contribution is -0.138. The van der Waals surface area contributed by atoms with E-state index in [2.05, 4.69) is 10.6 Å². The zero-order valence-corrected chi connectivity index (χ0v) is 13.8. The number of hydrogen-bond donors (Lipinski definition) is 2. The monoisotopic (exact) mass is 362 g/mol. The van der Waals surface area contributed by atoms with Crippen LogP contribution in [0.1, 0.15) is 34.3 Å². The minimum atomic E-state index is -4.59. The molecule has 136 valence electrons. The molecule has 7 heteroatoms. The van der Waals surface area contributed by atoms with Crippen molar-refractivity contribution in [2.45, 2.75) is 25.6 Å². The van der Waals surface area contributed by atoms with Crippen molar-refractivity contribution >= 4 is 17.5 Å². The molecular weight excluding hydrogens is 345 g/mol. The Morgan fingerprint density at radius 3 is 2.27 bits per heavy atom. The van der Waals surface area contributed by atoms with E-state index in [1.165, 1.54) is 12.1 Å². The molecule has 1 saturated carbocycles. The average Bonchev–Trinajstić information content (AvgIpc) is 3.45. The summed E-state index contributed by atoms with van der Waals surface area (Å²) in [6, 6.07) is 11.5. The van der Waals surface area contributed by atoms with Crippen molar-refractivity contribution in [2.75, 3.05) is 5.32 Å². The summed E-state index contributed by atoms with van der Waals surface area (Å²) in [5.41, 5.74) is -0.00407. The summed E-state index contributed by atoms with van der Waals surface area (Å²) in [7, 11) is 0. The van der Waals surface area contributed by atoms with Gasteiger partial charge in [-0.15, -0.1) is 0 Å². The molecule has 0 aromatic heterocycles. The van der Waals surface area contributed by atoms with Crippen molar-refractivity contribution in [3.8, 4) is 0 Å². The van der Waals surface area contributed by atoms with Crippen LogP contribution in [0.5, 0.6) is 0 Å². The largest absolute Gasteiger partial charge is 0.417 e. The Hall–Kier alpha value is -2.83. The van der Waals surface area contributed by atoms with Crippen molar-refractivity contribution in [1.82, 2.24) is 5.32 Å². The number of carbonyl (C=O) groups is 2. The predicted octanol–water partition coefficient (Wildman–Crippen LogP) is 3.98. The topological polar surface area (TPSA) is 58.2 Å². The second-order valence-electron chi connectivity index (χ2n) is 6.19. The first-order valence-corrected chi connectivity index (χ1v) is 8.19. The molecule has 0 aliphatic heterocycles. The highest BCUT2D eigenvalue weighted by molar-refractivity contribution is 5.96. The van der Waals surface area contributed by atoms with E-state index in [0.717, 1.165) is 25.0 Å². The van der Waals surface area contributed by atoms with Crippen LogP contribution in [0.25, 0.3) is 0 Å². The lowest BCUT2D eigenvalue weighted by atomic mass is 10.1. The Balaban J connectivity index is 1.60. The molecule has 1 aliphatic carbocycles. The molecule has 0 heterocycles. The van der Waals surface area contributed by atoms with E-state index in [4.69, 9.17) is 0 Å². The van der Waals surface area contributed by atoms with Gasteiger partial charge in [-0.2, -0.15) is 13.2 Å². The maximum absolute atomic E-state index is 13.0. The number of halogens is 3. The summed E-state index contributed by atoms with van der Waals surface area (Å²) in [6.45, 7) is 0.0852. The Bertz CT molecular complexity index is 812. The molecule has 0 bridgehead atoms. The standard InChI is InChI=1S/C19H17F3N2O2/c20-19(21,22)16-4-2-1-3-15(16)18(26)23-11-12-5-9-14(10-6-12)24-17(25)13-7-8-13/h1-6,9-10,13H,7-8,11H2,(H,23,26)(H,24,25). The minimum absolute atomic E-state index is 0.00481. The fraction of sp³-hybridized carbons (Fsp3) is 0.263. The number of alkyl halides is 3. The van der Waals surface area contributed by atoms with Crippen LogP contribution in [0.2, 0.25) is 0 Å². The number of carbonyl (C=O) groups excluding carboxylic acids is 2. The Morgan fingerprint density at radius 1 is 1.00 bits per heavy atom. The van der Waals surface area contributed by atoms with Crippen LogP contribution in [0.4, 0.5) is 18.9 Å². The van der Waals surface area contributed by atoms with Crippen LogP contribution < -0.4 is 10.6 Å². The molecule has 2 N–H and O–H groups in total. The highest BCUT2D eigenvalue weighted by atomic mass is 19.4. The summed E-state index contributed by atoms with van der Waals surface area (Å²) >= 11 is 0. The number of anilines is 1. The number of hydrogen-bond acceptors (Lipinski definition) is 2. The summed E-state index contributed by atoms with van der Waals surface area (Å²) in [6.07, 6.45) is -2.76. The molecule has 1 fully saturated rings. The number of nitrogens with one attached hydrogen (secondary N) is 2. The quantitative estimate of drug-likeness (QED) is 0.845. The number of benzene rings is 2. The summed E-state index contributed by atoms with van der Waals surface area (Å²) in [4.78, 5) is 23.8. The maximum atomic E-state index is 13.0. The first kappa shape index (κ1) is 18.0. The molecule has 0 unspecified atom stereocenters. The normalized spacial score (nSPS) is 14.0. The lowest BCUT2D eigenvalue weighted by Crippen LogP contribution is -2.25. The molecule has 26 heavy (non-hydrogen) atoms. The maximum Gasteiger partial charge on any atom is 0.417 e. The van der Waals surface area contributed by atoms with Crippen molar-refractivity contribution in [2.24, 2.45) is 5.92 Å². The van der Waals surface area contributed by atoms with Gasteiger partial charge in [0.2, 0.25) is 5.91 Å². The molecule has 2 aromatic carbocycles. The van der Waals surface area contributed by atoms with Gasteiger partial charge in [0.25, 0.3) is 5.91 Å². The predicted molar refractivity (Wildman–Crippen MR) is 90.4 cm³/mol. The highest BCUT2D eigenvalue weighted by Crippen LogP contribution is 2.32. The zero-order chi connectivity index (χ0) is 18.7. The van der Waals surface area contributed by atoms with Crippen molar-refractivity contribution in [3.05, 3.63) is 65.2 Å². The summed E-state index contributed by atoms with van der Waals surface area (Å²) < 4.78 is 38.9. The van der Waals surface area contributed by atoms with E-state index in [1.54, 1.807) is 24.3 Å². The summed E-state index contributed by atoms with van der Waals surface area (Å²) in [5, 5.41) is 5.28. The zero-order valence-electron chi connectivity index (χ0n) is 13.8. The first-order chi connectivity index (χ1) is 12.3. The lowest BCUT2D eigenvalue weighted by Gasteiger charge is -2.13. The fourth-order valence-electron chi connectivity index (χ4n) is 2.50. The van der Waals surface area contributed by atoms with Gasteiger partial charge in [-0.05, 0) is 42.7 Å². The van der Waals surface area contributed by atoms with Gasteiger partial charge in [-0.3, -0.25) is 9.59 Å². The summed E-state index contributed by atoms with van der Waals surface area (Å²) in [5.74, 6) is -0.693. The van der Waals surface area contributed by atoms with Crippen molar-refractivity contribution < 1.29 is 22.8 Å². The molecule has 3 rings (SSSR count). The Labute approximate surface area is 148 Å². The molecule has 0 radical (unpaired) electrons. The highest BCUT2D eigenvalue weighted by Gasteiger charge is 2.34. The SMILES string of the molecule is O=C(NCc1ccc(NC(=O)C2CC2)cc1)c1ccccc1C(F)(F)F. The van der Waals surface area contributed by atoms with E-state index in [-0.39, 0.29) is 18.4 Å². The molecule has 2 amide bonds.